The zero-order chi connectivity index (χ0) is 23.4. The lowest BCUT2D eigenvalue weighted by Gasteiger charge is -2.22. The number of carbonyl (C=O) groups excluding carboxylic acids is 2. The van der Waals surface area contributed by atoms with Crippen LogP contribution in [0.4, 0.5) is 4.79 Å². The Labute approximate surface area is 193 Å². The lowest BCUT2D eigenvalue weighted by molar-refractivity contribution is -0.137. The first-order chi connectivity index (χ1) is 15.9. The van der Waals surface area contributed by atoms with Gasteiger partial charge in [0.25, 0.3) is 0 Å². The number of hydrogen-bond donors (Lipinski definition) is 3. The highest BCUT2D eigenvalue weighted by Gasteiger charge is 2.32. The van der Waals surface area contributed by atoms with Crippen LogP contribution in [0.25, 0.3) is 11.1 Å². The SMILES string of the molecule is C[C@@H](CC(=O)O)NC(=O)C[C@@H]1CCC[C@H]1NC(=O)OCC1c2ccccc2-c2ccccc21. The average molecular weight is 451 g/mol. The molecule has 0 saturated heterocycles. The van der Waals surface area contributed by atoms with Gasteiger partial charge in [0.05, 0.1) is 6.42 Å². The molecule has 2 aliphatic carbocycles. The molecule has 4 rings (SSSR count). The number of hydrogen-bond acceptors (Lipinski definition) is 4. The number of benzene rings is 2. The number of amides is 2. The van der Waals surface area contributed by atoms with Gasteiger partial charge in [-0.05, 0) is 47.9 Å². The number of rotatable bonds is 8. The third kappa shape index (κ3) is 5.35. The topological polar surface area (TPSA) is 105 Å². The van der Waals surface area contributed by atoms with Gasteiger partial charge in [-0.25, -0.2) is 4.79 Å². The van der Waals surface area contributed by atoms with Crippen LogP contribution in [-0.2, 0) is 14.3 Å². The van der Waals surface area contributed by atoms with Crippen LogP contribution in [0.15, 0.2) is 48.5 Å². The Morgan fingerprint density at radius 1 is 1.03 bits per heavy atom. The first-order valence-electron chi connectivity index (χ1n) is 11.5. The van der Waals surface area contributed by atoms with E-state index in [2.05, 4.69) is 34.9 Å². The van der Waals surface area contributed by atoms with Gasteiger partial charge in [-0.1, -0.05) is 55.0 Å². The highest BCUT2D eigenvalue weighted by atomic mass is 16.5. The lowest BCUT2D eigenvalue weighted by Crippen LogP contribution is -2.41. The van der Waals surface area contributed by atoms with E-state index in [9.17, 15) is 14.4 Å². The smallest absolute Gasteiger partial charge is 0.407 e. The summed E-state index contributed by atoms with van der Waals surface area (Å²) >= 11 is 0. The molecule has 3 atom stereocenters. The number of alkyl carbamates (subject to hydrolysis) is 1. The quantitative estimate of drug-likeness (QED) is 0.563. The largest absolute Gasteiger partial charge is 0.481 e. The Morgan fingerprint density at radius 3 is 2.30 bits per heavy atom. The number of nitrogens with one attached hydrogen (secondary N) is 2. The summed E-state index contributed by atoms with van der Waals surface area (Å²) in [7, 11) is 0. The van der Waals surface area contributed by atoms with Crippen LogP contribution in [0, 0.1) is 5.92 Å². The molecule has 7 nitrogen and oxygen atoms in total. The van der Waals surface area contributed by atoms with Crippen LogP contribution in [0.2, 0.25) is 0 Å². The van der Waals surface area contributed by atoms with Gasteiger partial charge in [0.2, 0.25) is 5.91 Å². The number of fused-ring (bicyclic) bond motifs is 3. The standard InChI is InChI=1S/C26H30N2O5/c1-16(13-25(30)31)27-24(29)14-17-7-6-12-23(17)28-26(32)33-15-22-20-10-4-2-8-18(20)19-9-3-5-11-21(19)22/h2-5,8-11,16-17,22-23H,6-7,12-15H2,1H3,(H,27,29)(H,28,32)(H,30,31)/t16-,17-,23+/m0/s1. The van der Waals surface area contributed by atoms with Crippen molar-refractivity contribution in [3.8, 4) is 11.1 Å². The molecule has 1 fully saturated rings. The van der Waals surface area contributed by atoms with Gasteiger partial charge in [0.1, 0.15) is 6.61 Å². The number of carboxylic acid groups (broad SMARTS) is 1. The fraction of sp³-hybridized carbons (Fsp3) is 0.423. The molecule has 0 spiro atoms. The number of carbonyl (C=O) groups is 3. The Morgan fingerprint density at radius 2 is 1.67 bits per heavy atom. The van der Waals surface area contributed by atoms with Gasteiger partial charge >= 0.3 is 12.1 Å². The molecule has 2 amide bonds. The van der Waals surface area contributed by atoms with E-state index in [4.69, 9.17) is 9.84 Å². The summed E-state index contributed by atoms with van der Waals surface area (Å²) in [6.45, 7) is 1.93. The molecule has 0 bridgehead atoms. The summed E-state index contributed by atoms with van der Waals surface area (Å²) in [5, 5.41) is 14.5. The van der Waals surface area contributed by atoms with E-state index in [-0.39, 0.29) is 43.2 Å². The predicted molar refractivity (Wildman–Crippen MR) is 124 cm³/mol. The zero-order valence-corrected chi connectivity index (χ0v) is 18.8. The van der Waals surface area contributed by atoms with Gasteiger partial charge < -0.3 is 20.5 Å². The van der Waals surface area contributed by atoms with Crippen molar-refractivity contribution in [1.82, 2.24) is 10.6 Å². The monoisotopic (exact) mass is 450 g/mol. The third-order valence-electron chi connectivity index (χ3n) is 6.64. The van der Waals surface area contributed by atoms with Gasteiger partial charge in [-0.3, -0.25) is 9.59 Å². The van der Waals surface area contributed by atoms with Crippen LogP contribution in [-0.4, -0.2) is 41.8 Å². The highest BCUT2D eigenvalue weighted by Crippen LogP contribution is 2.44. The highest BCUT2D eigenvalue weighted by molar-refractivity contribution is 5.79. The van der Waals surface area contributed by atoms with E-state index in [1.165, 1.54) is 11.1 Å². The average Bonchev–Trinajstić information content (AvgIpc) is 3.33. The molecular weight excluding hydrogens is 420 g/mol. The molecule has 0 heterocycles. The first kappa shape index (κ1) is 22.8. The van der Waals surface area contributed by atoms with Gasteiger partial charge in [0.15, 0.2) is 0 Å². The van der Waals surface area contributed by atoms with E-state index in [1.54, 1.807) is 6.92 Å². The van der Waals surface area contributed by atoms with Crippen molar-refractivity contribution in [2.45, 2.75) is 57.0 Å². The minimum Gasteiger partial charge on any atom is -0.481 e. The molecule has 174 valence electrons. The fourth-order valence-electron chi connectivity index (χ4n) is 5.15. The number of carboxylic acids is 1. The van der Waals surface area contributed by atoms with E-state index in [0.29, 0.717) is 0 Å². The van der Waals surface area contributed by atoms with Gasteiger partial charge in [-0.15, -0.1) is 0 Å². The molecular formula is C26H30N2O5. The Hall–Kier alpha value is -3.35. The predicted octanol–water partition coefficient (Wildman–Crippen LogP) is 4.06. The van der Waals surface area contributed by atoms with Crippen molar-refractivity contribution in [3.05, 3.63) is 59.7 Å². The second kappa shape index (κ2) is 10.1. The summed E-state index contributed by atoms with van der Waals surface area (Å²) in [6.07, 6.45) is 2.25. The zero-order valence-electron chi connectivity index (χ0n) is 18.8. The van der Waals surface area contributed by atoms with Crippen LogP contribution < -0.4 is 10.6 Å². The van der Waals surface area contributed by atoms with Crippen molar-refractivity contribution in [2.75, 3.05) is 6.61 Å². The Bertz CT molecular complexity index is 991. The van der Waals surface area contributed by atoms with Crippen LogP contribution in [0.1, 0.15) is 56.1 Å². The van der Waals surface area contributed by atoms with E-state index in [0.717, 1.165) is 30.4 Å². The minimum atomic E-state index is -0.946. The van der Waals surface area contributed by atoms with Crippen molar-refractivity contribution >= 4 is 18.0 Å². The summed E-state index contributed by atoms with van der Waals surface area (Å²) in [5.41, 5.74) is 4.69. The van der Waals surface area contributed by atoms with E-state index in [1.807, 2.05) is 24.3 Å². The molecule has 0 aromatic heterocycles. The fourth-order valence-corrected chi connectivity index (χ4v) is 5.15. The van der Waals surface area contributed by atoms with Crippen molar-refractivity contribution in [3.63, 3.8) is 0 Å². The first-order valence-corrected chi connectivity index (χ1v) is 11.5. The number of ether oxygens (including phenoxy) is 1. The molecule has 2 aromatic rings. The molecule has 33 heavy (non-hydrogen) atoms. The second-order valence-electron chi connectivity index (χ2n) is 9.04. The van der Waals surface area contributed by atoms with E-state index >= 15 is 0 Å². The Balaban J connectivity index is 1.31. The molecule has 0 unspecified atom stereocenters. The summed E-state index contributed by atoms with van der Waals surface area (Å²) in [4.78, 5) is 35.7. The molecule has 2 aliphatic rings. The minimum absolute atomic E-state index is 0.00373. The maximum Gasteiger partial charge on any atom is 0.407 e. The summed E-state index contributed by atoms with van der Waals surface area (Å²) in [5.74, 6) is -1.11. The molecule has 3 N–H and O–H groups in total. The molecule has 2 aromatic carbocycles. The normalized spacial score (nSPS) is 19.9. The lowest BCUT2D eigenvalue weighted by atomic mass is 9.98. The van der Waals surface area contributed by atoms with Gasteiger partial charge in [0, 0.05) is 24.4 Å². The van der Waals surface area contributed by atoms with Crippen molar-refractivity contribution < 1.29 is 24.2 Å². The maximum absolute atomic E-state index is 12.6. The van der Waals surface area contributed by atoms with Gasteiger partial charge in [-0.2, -0.15) is 0 Å². The molecule has 0 aliphatic heterocycles. The molecule has 0 radical (unpaired) electrons. The summed E-state index contributed by atoms with van der Waals surface area (Å²) < 4.78 is 5.65. The van der Waals surface area contributed by atoms with Crippen LogP contribution in [0.3, 0.4) is 0 Å². The second-order valence-corrected chi connectivity index (χ2v) is 9.04. The molecule has 1 saturated carbocycles. The Kier molecular flexibility index (Phi) is 6.96. The summed E-state index contributed by atoms with van der Waals surface area (Å²) in [6, 6.07) is 15.9. The molecule has 7 heteroatoms. The third-order valence-corrected chi connectivity index (χ3v) is 6.64. The van der Waals surface area contributed by atoms with Crippen LogP contribution >= 0.6 is 0 Å². The maximum atomic E-state index is 12.6. The van der Waals surface area contributed by atoms with Crippen molar-refractivity contribution in [2.24, 2.45) is 5.92 Å². The van der Waals surface area contributed by atoms with Crippen LogP contribution in [0.5, 0.6) is 0 Å². The van der Waals surface area contributed by atoms with E-state index < -0.39 is 18.1 Å². The number of aliphatic carboxylic acids is 1. The van der Waals surface area contributed by atoms with Crippen molar-refractivity contribution in [1.29, 1.82) is 0 Å².